The highest BCUT2D eigenvalue weighted by molar-refractivity contribution is 6.03. The van der Waals surface area contributed by atoms with Gasteiger partial charge in [0.2, 0.25) is 6.41 Å². The quantitative estimate of drug-likeness (QED) is 0.831. The first kappa shape index (κ1) is 17.8. The molecule has 0 radical (unpaired) electrons. The largest absolute Gasteiger partial charge is 0.352 e. The van der Waals surface area contributed by atoms with E-state index in [0.717, 1.165) is 35.5 Å². The van der Waals surface area contributed by atoms with Crippen LogP contribution in [0.2, 0.25) is 0 Å². The first-order chi connectivity index (χ1) is 12.6. The van der Waals surface area contributed by atoms with Gasteiger partial charge in [0, 0.05) is 31.9 Å². The summed E-state index contributed by atoms with van der Waals surface area (Å²) in [4.78, 5) is 35.8. The molecular formula is C19H23N5O2. The van der Waals surface area contributed by atoms with Gasteiger partial charge in [-0.05, 0) is 24.5 Å². The molecule has 1 fully saturated rings. The number of para-hydroxylation sites is 1. The van der Waals surface area contributed by atoms with Crippen LogP contribution in [0.3, 0.4) is 0 Å². The fourth-order valence-electron chi connectivity index (χ4n) is 3.04. The molecule has 0 aliphatic carbocycles. The van der Waals surface area contributed by atoms with Crippen molar-refractivity contribution in [3.63, 3.8) is 0 Å². The molecule has 0 spiro atoms. The molecule has 1 aliphatic heterocycles. The summed E-state index contributed by atoms with van der Waals surface area (Å²) in [5.74, 6) is 0.455. The molecular weight excluding hydrogens is 330 g/mol. The van der Waals surface area contributed by atoms with Crippen molar-refractivity contribution in [2.45, 2.75) is 20.3 Å². The van der Waals surface area contributed by atoms with Crippen molar-refractivity contribution in [2.75, 3.05) is 36.4 Å². The molecule has 1 saturated heterocycles. The summed E-state index contributed by atoms with van der Waals surface area (Å²) in [5, 5.41) is 2.96. The van der Waals surface area contributed by atoms with Crippen molar-refractivity contribution in [1.82, 2.24) is 14.9 Å². The minimum atomic E-state index is -0.265. The molecule has 1 N–H and O–H groups in total. The number of carbonyl (C=O) groups is 2. The zero-order chi connectivity index (χ0) is 18.5. The van der Waals surface area contributed by atoms with Crippen molar-refractivity contribution in [2.24, 2.45) is 0 Å². The number of aryl methyl sites for hydroxylation is 2. The lowest BCUT2D eigenvalue weighted by atomic mass is 10.1. The van der Waals surface area contributed by atoms with Crippen LogP contribution in [0.25, 0.3) is 0 Å². The third-order valence-corrected chi connectivity index (χ3v) is 4.64. The van der Waals surface area contributed by atoms with Crippen LogP contribution in [0, 0.1) is 6.92 Å². The van der Waals surface area contributed by atoms with E-state index in [1.165, 1.54) is 6.20 Å². The van der Waals surface area contributed by atoms with Crippen molar-refractivity contribution in [3.8, 4) is 0 Å². The molecule has 7 nitrogen and oxygen atoms in total. The third-order valence-electron chi connectivity index (χ3n) is 4.64. The number of amides is 2. The van der Waals surface area contributed by atoms with E-state index in [-0.39, 0.29) is 11.6 Å². The number of nitrogens with zero attached hydrogens (tertiary/aromatic N) is 4. The van der Waals surface area contributed by atoms with Crippen LogP contribution < -0.4 is 10.2 Å². The average Bonchev–Trinajstić information content (AvgIpc) is 2.69. The second-order valence-electron chi connectivity index (χ2n) is 6.30. The Bertz CT molecular complexity index is 783. The van der Waals surface area contributed by atoms with Crippen LogP contribution >= 0.6 is 0 Å². The lowest BCUT2D eigenvalue weighted by molar-refractivity contribution is -0.118. The second-order valence-corrected chi connectivity index (χ2v) is 6.30. The fourth-order valence-corrected chi connectivity index (χ4v) is 3.04. The SMILES string of the molecule is CCc1cccc(C)c1NC(=O)c1cnc(N2CCN(C=O)CC2)cn1. The van der Waals surface area contributed by atoms with E-state index in [1.54, 1.807) is 11.1 Å². The minimum absolute atomic E-state index is 0.265. The predicted octanol–water partition coefficient (Wildman–Crippen LogP) is 1.88. The molecule has 1 aromatic carbocycles. The van der Waals surface area contributed by atoms with Gasteiger partial charge >= 0.3 is 0 Å². The average molecular weight is 353 g/mol. The van der Waals surface area contributed by atoms with Gasteiger partial charge in [0.25, 0.3) is 5.91 Å². The molecule has 1 aromatic heterocycles. The molecule has 0 unspecified atom stereocenters. The minimum Gasteiger partial charge on any atom is -0.352 e. The van der Waals surface area contributed by atoms with E-state index in [2.05, 4.69) is 27.1 Å². The number of carbonyl (C=O) groups excluding carboxylic acids is 2. The first-order valence-corrected chi connectivity index (χ1v) is 8.78. The Morgan fingerprint density at radius 1 is 1.19 bits per heavy atom. The monoisotopic (exact) mass is 353 g/mol. The van der Waals surface area contributed by atoms with Gasteiger partial charge < -0.3 is 15.1 Å². The van der Waals surface area contributed by atoms with E-state index in [0.29, 0.717) is 26.2 Å². The number of rotatable bonds is 5. The first-order valence-electron chi connectivity index (χ1n) is 8.78. The lowest BCUT2D eigenvalue weighted by Gasteiger charge is -2.33. The topological polar surface area (TPSA) is 78.4 Å². The number of benzene rings is 1. The van der Waals surface area contributed by atoms with Gasteiger partial charge in [-0.2, -0.15) is 0 Å². The molecule has 7 heteroatoms. The van der Waals surface area contributed by atoms with E-state index in [4.69, 9.17) is 0 Å². The van der Waals surface area contributed by atoms with Gasteiger partial charge in [-0.15, -0.1) is 0 Å². The van der Waals surface area contributed by atoms with Crippen molar-refractivity contribution >= 4 is 23.8 Å². The Kier molecular flexibility index (Phi) is 5.46. The number of anilines is 2. The molecule has 0 saturated carbocycles. The maximum atomic E-state index is 12.5. The highest BCUT2D eigenvalue weighted by Crippen LogP contribution is 2.21. The number of nitrogens with one attached hydrogen (secondary N) is 1. The number of hydrogen-bond acceptors (Lipinski definition) is 5. The second kappa shape index (κ2) is 7.95. The summed E-state index contributed by atoms with van der Waals surface area (Å²) in [6, 6.07) is 5.97. The Hall–Kier alpha value is -2.96. The van der Waals surface area contributed by atoms with Crippen LogP contribution in [0.15, 0.2) is 30.6 Å². The molecule has 1 aliphatic rings. The van der Waals surface area contributed by atoms with Crippen LogP contribution in [0.1, 0.15) is 28.5 Å². The zero-order valence-electron chi connectivity index (χ0n) is 15.1. The van der Waals surface area contributed by atoms with Gasteiger partial charge in [-0.25, -0.2) is 9.97 Å². The smallest absolute Gasteiger partial charge is 0.275 e. The van der Waals surface area contributed by atoms with Gasteiger partial charge in [0.1, 0.15) is 11.5 Å². The molecule has 3 rings (SSSR count). The Morgan fingerprint density at radius 2 is 1.96 bits per heavy atom. The standard InChI is InChI=1S/C19H23N5O2/c1-3-15-6-4-5-14(2)18(15)22-19(26)16-11-21-17(12-20-16)24-9-7-23(13-25)8-10-24/h4-6,11-13H,3,7-10H2,1-2H3,(H,22,26). The Morgan fingerprint density at radius 3 is 2.58 bits per heavy atom. The molecule has 0 bridgehead atoms. The normalized spacial score (nSPS) is 14.2. The number of piperazine rings is 1. The molecule has 136 valence electrons. The maximum absolute atomic E-state index is 12.5. The van der Waals surface area contributed by atoms with E-state index < -0.39 is 0 Å². The molecule has 2 amide bonds. The number of aromatic nitrogens is 2. The van der Waals surface area contributed by atoms with Crippen molar-refractivity contribution in [1.29, 1.82) is 0 Å². The summed E-state index contributed by atoms with van der Waals surface area (Å²) in [6.07, 6.45) is 4.83. The van der Waals surface area contributed by atoms with Crippen LogP contribution in [0.4, 0.5) is 11.5 Å². The van der Waals surface area contributed by atoms with Gasteiger partial charge in [-0.3, -0.25) is 9.59 Å². The summed E-state index contributed by atoms with van der Waals surface area (Å²) >= 11 is 0. The third kappa shape index (κ3) is 3.82. The van der Waals surface area contributed by atoms with Gasteiger partial charge in [0.05, 0.1) is 12.4 Å². The van der Waals surface area contributed by atoms with Crippen LogP contribution in [-0.2, 0) is 11.2 Å². The molecule has 2 heterocycles. The predicted molar refractivity (Wildman–Crippen MR) is 100 cm³/mol. The Balaban J connectivity index is 1.69. The molecule has 0 atom stereocenters. The summed E-state index contributed by atoms with van der Waals surface area (Å²) in [7, 11) is 0. The van der Waals surface area contributed by atoms with Crippen LogP contribution in [0.5, 0.6) is 0 Å². The highest BCUT2D eigenvalue weighted by atomic mass is 16.2. The van der Waals surface area contributed by atoms with Gasteiger partial charge in [0.15, 0.2) is 0 Å². The fraction of sp³-hybridized carbons (Fsp3) is 0.368. The molecule has 2 aromatic rings. The Labute approximate surface area is 153 Å². The summed E-state index contributed by atoms with van der Waals surface area (Å²) in [6.45, 7) is 6.79. The number of hydrogen-bond donors (Lipinski definition) is 1. The zero-order valence-corrected chi connectivity index (χ0v) is 15.1. The highest BCUT2D eigenvalue weighted by Gasteiger charge is 2.18. The van der Waals surface area contributed by atoms with Crippen molar-refractivity contribution < 1.29 is 9.59 Å². The molecule has 26 heavy (non-hydrogen) atoms. The van der Waals surface area contributed by atoms with E-state index in [9.17, 15) is 9.59 Å². The maximum Gasteiger partial charge on any atom is 0.275 e. The lowest BCUT2D eigenvalue weighted by Crippen LogP contribution is -2.46. The summed E-state index contributed by atoms with van der Waals surface area (Å²) in [5.41, 5.74) is 3.24. The summed E-state index contributed by atoms with van der Waals surface area (Å²) < 4.78 is 0. The van der Waals surface area contributed by atoms with Crippen LogP contribution in [-0.4, -0.2) is 53.4 Å². The van der Waals surface area contributed by atoms with E-state index in [1.807, 2.05) is 25.1 Å². The van der Waals surface area contributed by atoms with Gasteiger partial charge in [-0.1, -0.05) is 25.1 Å². The van der Waals surface area contributed by atoms with E-state index >= 15 is 0 Å². The van der Waals surface area contributed by atoms with Crippen molar-refractivity contribution in [3.05, 3.63) is 47.4 Å².